The highest BCUT2D eigenvalue weighted by molar-refractivity contribution is 6.26. The Hall–Kier alpha value is -2.22. The van der Waals surface area contributed by atoms with Gasteiger partial charge in [-0.1, -0.05) is 0 Å². The van der Waals surface area contributed by atoms with E-state index in [4.69, 9.17) is 11.6 Å². The minimum Gasteiger partial charge on any atom is -0.418 e. The molecule has 0 aromatic heterocycles. The van der Waals surface area contributed by atoms with Crippen LogP contribution in [0.15, 0.2) is 18.2 Å². The molecule has 0 aliphatic heterocycles. The number of hydrogen-bond donors (Lipinski definition) is 0. The maximum absolute atomic E-state index is 10.9. The van der Waals surface area contributed by atoms with E-state index in [1.165, 1.54) is 0 Å². The van der Waals surface area contributed by atoms with Gasteiger partial charge in [-0.3, -0.25) is 25.0 Å². The van der Waals surface area contributed by atoms with Gasteiger partial charge in [0.15, 0.2) is 0 Å². The summed E-state index contributed by atoms with van der Waals surface area (Å²) in [5.41, 5.74) is -1.14. The van der Waals surface area contributed by atoms with Crippen molar-refractivity contribution in [3.8, 4) is 5.75 Å². The highest BCUT2D eigenvalue weighted by Crippen LogP contribution is 2.30. The van der Waals surface area contributed by atoms with E-state index in [-0.39, 0.29) is 5.75 Å². The Morgan fingerprint density at radius 1 is 1.29 bits per heavy atom. The Bertz CT molecular complexity index is 489. The number of hydrogen-bond acceptors (Lipinski definition) is 6. The van der Waals surface area contributed by atoms with E-state index in [2.05, 4.69) is 4.74 Å². The fourth-order valence-corrected chi connectivity index (χ4v) is 1.05. The highest BCUT2D eigenvalue weighted by atomic mass is 35.5. The van der Waals surface area contributed by atoms with Crippen molar-refractivity contribution in [1.29, 1.82) is 0 Å². The molecule has 1 rings (SSSR count). The third kappa shape index (κ3) is 3.11. The van der Waals surface area contributed by atoms with Crippen molar-refractivity contribution in [2.24, 2.45) is 0 Å². The van der Waals surface area contributed by atoms with Crippen LogP contribution in [-0.2, 0) is 4.79 Å². The lowest BCUT2D eigenvalue weighted by Crippen LogP contribution is -2.10. The first-order valence-electron chi connectivity index (χ1n) is 4.15. The van der Waals surface area contributed by atoms with E-state index in [0.29, 0.717) is 6.07 Å². The van der Waals surface area contributed by atoms with E-state index in [1.807, 2.05) is 0 Å². The molecule has 90 valence electrons. The molecule has 0 amide bonds. The van der Waals surface area contributed by atoms with Gasteiger partial charge in [0.05, 0.1) is 15.9 Å². The number of carbonyl (C=O) groups is 1. The number of non-ortho nitro benzene ring substituents is 1. The number of nitrogens with zero attached hydrogens (tertiary/aromatic N) is 2. The van der Waals surface area contributed by atoms with E-state index >= 15 is 0 Å². The van der Waals surface area contributed by atoms with E-state index in [0.717, 1.165) is 12.1 Å². The summed E-state index contributed by atoms with van der Waals surface area (Å²) < 4.78 is 4.56. The molecule has 0 saturated heterocycles. The Kier molecular flexibility index (Phi) is 3.94. The van der Waals surface area contributed by atoms with Gasteiger partial charge in [-0.2, -0.15) is 0 Å². The van der Waals surface area contributed by atoms with Gasteiger partial charge in [0.2, 0.25) is 5.75 Å². The van der Waals surface area contributed by atoms with Gasteiger partial charge in [0, 0.05) is 6.07 Å². The summed E-state index contributed by atoms with van der Waals surface area (Å²) in [7, 11) is 0. The van der Waals surface area contributed by atoms with Crippen molar-refractivity contribution < 1.29 is 19.4 Å². The largest absolute Gasteiger partial charge is 0.418 e. The SMILES string of the molecule is O=C(CCl)Oc1ccc([N+](=O)[O-])cc1[N+](=O)[O-]. The maximum atomic E-state index is 10.9. The lowest BCUT2D eigenvalue weighted by molar-refractivity contribution is -0.394. The number of halogens is 1. The molecule has 0 unspecified atom stereocenters. The molecule has 17 heavy (non-hydrogen) atoms. The summed E-state index contributed by atoms with van der Waals surface area (Å²) in [6.07, 6.45) is 0. The van der Waals surface area contributed by atoms with Crippen LogP contribution < -0.4 is 4.74 Å². The maximum Gasteiger partial charge on any atom is 0.326 e. The van der Waals surface area contributed by atoms with Crippen LogP contribution in [-0.4, -0.2) is 21.7 Å². The predicted molar refractivity (Wildman–Crippen MR) is 56.1 cm³/mol. The summed E-state index contributed by atoms with van der Waals surface area (Å²) in [4.78, 5) is 30.2. The molecule has 0 saturated carbocycles. The van der Waals surface area contributed by atoms with Gasteiger partial charge in [-0.05, 0) is 6.07 Å². The van der Waals surface area contributed by atoms with Crippen LogP contribution in [0.4, 0.5) is 11.4 Å². The topological polar surface area (TPSA) is 113 Å². The van der Waals surface area contributed by atoms with E-state index in [9.17, 15) is 25.0 Å². The number of esters is 1. The van der Waals surface area contributed by atoms with Crippen molar-refractivity contribution in [1.82, 2.24) is 0 Å². The lowest BCUT2D eigenvalue weighted by atomic mass is 10.2. The fraction of sp³-hybridized carbons (Fsp3) is 0.125. The molecule has 0 spiro atoms. The number of ether oxygens (including phenoxy) is 1. The first-order chi connectivity index (χ1) is 7.95. The van der Waals surface area contributed by atoms with Crippen molar-refractivity contribution in [2.45, 2.75) is 0 Å². The molecular weight excluding hydrogens is 256 g/mol. The summed E-state index contributed by atoms with van der Waals surface area (Å²) in [6, 6.07) is 2.67. The third-order valence-corrected chi connectivity index (χ3v) is 1.90. The van der Waals surface area contributed by atoms with Crippen LogP contribution in [0.2, 0.25) is 0 Å². The summed E-state index contributed by atoms with van der Waals surface area (Å²) in [5, 5.41) is 21.0. The first-order valence-corrected chi connectivity index (χ1v) is 4.68. The van der Waals surface area contributed by atoms with E-state index in [1.54, 1.807) is 0 Å². The van der Waals surface area contributed by atoms with Crippen LogP contribution in [0.1, 0.15) is 0 Å². The standard InChI is InChI=1S/C8H5ClN2O6/c9-4-8(12)17-7-2-1-5(10(13)14)3-6(7)11(15)16/h1-3H,4H2. The summed E-state index contributed by atoms with van der Waals surface area (Å²) in [5.74, 6) is -1.75. The van der Waals surface area contributed by atoms with Gasteiger partial charge in [0.25, 0.3) is 5.69 Å². The molecule has 0 atom stereocenters. The van der Waals surface area contributed by atoms with Gasteiger partial charge in [-0.25, -0.2) is 0 Å². The van der Waals surface area contributed by atoms with Crippen molar-refractivity contribution in [3.05, 3.63) is 38.4 Å². The normalized spacial score (nSPS) is 9.71. The molecular formula is C8H5ClN2O6. The Morgan fingerprint density at radius 3 is 2.41 bits per heavy atom. The molecule has 0 aliphatic carbocycles. The smallest absolute Gasteiger partial charge is 0.326 e. The van der Waals surface area contributed by atoms with Crippen molar-refractivity contribution >= 4 is 28.9 Å². The molecule has 0 aliphatic rings. The zero-order chi connectivity index (χ0) is 13.0. The van der Waals surface area contributed by atoms with Crippen LogP contribution in [0.25, 0.3) is 0 Å². The highest BCUT2D eigenvalue weighted by Gasteiger charge is 2.22. The number of benzene rings is 1. The number of nitro benzene ring substituents is 2. The molecule has 9 heteroatoms. The second-order valence-corrected chi connectivity index (χ2v) is 3.04. The molecule has 0 heterocycles. The van der Waals surface area contributed by atoms with Gasteiger partial charge in [-0.15, -0.1) is 11.6 Å². The second kappa shape index (κ2) is 5.21. The number of alkyl halides is 1. The molecule has 0 fully saturated rings. The van der Waals surface area contributed by atoms with Crippen LogP contribution in [0.3, 0.4) is 0 Å². The number of rotatable bonds is 4. The molecule has 0 radical (unpaired) electrons. The van der Waals surface area contributed by atoms with Crippen LogP contribution >= 0.6 is 11.6 Å². The number of nitro groups is 2. The minimum absolute atomic E-state index is 0.383. The van der Waals surface area contributed by atoms with Crippen molar-refractivity contribution in [2.75, 3.05) is 5.88 Å². The first kappa shape index (κ1) is 12.8. The van der Waals surface area contributed by atoms with Gasteiger partial charge >= 0.3 is 11.7 Å². The molecule has 0 bridgehead atoms. The Balaban J connectivity index is 3.17. The fourth-order valence-electron chi connectivity index (χ4n) is 0.998. The summed E-state index contributed by atoms with van der Waals surface area (Å²) in [6.45, 7) is 0. The zero-order valence-corrected chi connectivity index (χ0v) is 8.92. The van der Waals surface area contributed by atoms with E-state index < -0.39 is 33.1 Å². The van der Waals surface area contributed by atoms with Crippen LogP contribution in [0.5, 0.6) is 5.75 Å². The predicted octanol–water partition coefficient (Wildman–Crippen LogP) is 1.65. The average Bonchev–Trinajstić information content (AvgIpc) is 2.28. The minimum atomic E-state index is -0.886. The second-order valence-electron chi connectivity index (χ2n) is 2.77. The summed E-state index contributed by atoms with van der Waals surface area (Å²) >= 11 is 5.16. The van der Waals surface area contributed by atoms with Gasteiger partial charge in [0.1, 0.15) is 5.88 Å². The average molecular weight is 261 g/mol. The molecule has 1 aromatic rings. The zero-order valence-electron chi connectivity index (χ0n) is 8.16. The lowest BCUT2D eigenvalue weighted by Gasteiger charge is -2.02. The Morgan fingerprint density at radius 2 is 1.94 bits per heavy atom. The molecule has 1 aromatic carbocycles. The number of carbonyl (C=O) groups excluding carboxylic acids is 1. The Labute approximate surface area is 99.0 Å². The van der Waals surface area contributed by atoms with Crippen LogP contribution in [0, 0.1) is 20.2 Å². The monoisotopic (exact) mass is 260 g/mol. The van der Waals surface area contributed by atoms with Gasteiger partial charge < -0.3 is 4.74 Å². The quantitative estimate of drug-likeness (QED) is 0.267. The third-order valence-electron chi connectivity index (χ3n) is 1.68. The molecule has 0 N–H and O–H groups in total. The van der Waals surface area contributed by atoms with Crippen molar-refractivity contribution in [3.63, 3.8) is 0 Å². The molecule has 8 nitrogen and oxygen atoms in total.